The van der Waals surface area contributed by atoms with Crippen LogP contribution in [0.4, 0.5) is 5.69 Å². The van der Waals surface area contributed by atoms with Crippen molar-refractivity contribution in [2.24, 2.45) is 0 Å². The predicted octanol–water partition coefficient (Wildman–Crippen LogP) is 0.741. The third kappa shape index (κ3) is 4.58. The number of carbonyl (C=O) groups is 1. The number of nitrogens with one attached hydrogen (secondary N) is 2. The van der Waals surface area contributed by atoms with Crippen molar-refractivity contribution in [3.63, 3.8) is 0 Å². The summed E-state index contributed by atoms with van der Waals surface area (Å²) in [7, 11) is 3.08. The Morgan fingerprint density at radius 1 is 1.42 bits per heavy atom. The highest BCUT2D eigenvalue weighted by Gasteiger charge is 2.11. The van der Waals surface area contributed by atoms with E-state index in [9.17, 15) is 4.79 Å². The van der Waals surface area contributed by atoms with Crippen LogP contribution < -0.4 is 15.4 Å². The van der Waals surface area contributed by atoms with Gasteiger partial charge in [0.05, 0.1) is 25.8 Å². The molecular formula is C13H17N3O3. The van der Waals surface area contributed by atoms with Crippen LogP contribution in [0, 0.1) is 11.3 Å². The first-order valence-electron chi connectivity index (χ1n) is 5.79. The number of para-hydroxylation sites is 1. The van der Waals surface area contributed by atoms with Gasteiger partial charge in [-0.05, 0) is 12.1 Å². The number of methoxy groups -OCH3 is 2. The minimum atomic E-state index is -0.239. The average Bonchev–Trinajstić information content (AvgIpc) is 2.43. The van der Waals surface area contributed by atoms with Crippen molar-refractivity contribution in [3.8, 4) is 11.8 Å². The lowest BCUT2D eigenvalue weighted by molar-refractivity contribution is -0.115. The van der Waals surface area contributed by atoms with Gasteiger partial charge in [0.25, 0.3) is 0 Å². The second kappa shape index (κ2) is 8.08. The fourth-order valence-electron chi connectivity index (χ4n) is 1.48. The number of carbonyl (C=O) groups excluding carboxylic acids is 1. The molecule has 0 aliphatic rings. The van der Waals surface area contributed by atoms with E-state index in [0.29, 0.717) is 30.2 Å². The highest BCUT2D eigenvalue weighted by atomic mass is 16.5. The molecule has 0 atom stereocenters. The molecule has 1 amide bonds. The zero-order valence-electron chi connectivity index (χ0n) is 11.0. The maximum Gasteiger partial charge on any atom is 0.238 e. The molecule has 19 heavy (non-hydrogen) atoms. The Kier molecular flexibility index (Phi) is 6.36. The minimum absolute atomic E-state index is 0.145. The molecule has 0 unspecified atom stereocenters. The molecule has 0 saturated carbocycles. The van der Waals surface area contributed by atoms with E-state index in [0.717, 1.165) is 0 Å². The molecule has 6 nitrogen and oxygen atoms in total. The van der Waals surface area contributed by atoms with Crippen LogP contribution in [0.5, 0.6) is 5.75 Å². The number of nitrogens with zero attached hydrogens (tertiary/aromatic N) is 1. The number of benzene rings is 1. The maximum atomic E-state index is 11.7. The molecule has 1 aromatic carbocycles. The van der Waals surface area contributed by atoms with Crippen molar-refractivity contribution in [3.05, 3.63) is 23.8 Å². The van der Waals surface area contributed by atoms with Crippen molar-refractivity contribution in [2.75, 3.05) is 39.2 Å². The van der Waals surface area contributed by atoms with Gasteiger partial charge in [0, 0.05) is 13.7 Å². The van der Waals surface area contributed by atoms with Gasteiger partial charge in [-0.15, -0.1) is 0 Å². The fourth-order valence-corrected chi connectivity index (χ4v) is 1.48. The number of rotatable bonds is 7. The topological polar surface area (TPSA) is 83.4 Å². The summed E-state index contributed by atoms with van der Waals surface area (Å²) in [6.07, 6.45) is 0. The summed E-state index contributed by atoms with van der Waals surface area (Å²) in [4.78, 5) is 11.7. The normalized spacial score (nSPS) is 9.74. The van der Waals surface area contributed by atoms with E-state index >= 15 is 0 Å². The zero-order valence-corrected chi connectivity index (χ0v) is 11.0. The highest BCUT2D eigenvalue weighted by Crippen LogP contribution is 2.27. The standard InChI is InChI=1S/C13H17N3O3/c1-18-7-6-15-9-12(17)16-13-10(8-14)4-3-5-11(13)19-2/h3-5,15H,6-7,9H2,1-2H3,(H,16,17). The van der Waals surface area contributed by atoms with Crippen LogP contribution in [0.15, 0.2) is 18.2 Å². The van der Waals surface area contributed by atoms with Crippen molar-refractivity contribution in [1.82, 2.24) is 5.32 Å². The molecule has 0 heterocycles. The third-order valence-corrected chi connectivity index (χ3v) is 2.40. The Morgan fingerprint density at radius 2 is 2.21 bits per heavy atom. The van der Waals surface area contributed by atoms with Gasteiger partial charge in [0.15, 0.2) is 0 Å². The first kappa shape index (κ1) is 15.0. The van der Waals surface area contributed by atoms with E-state index < -0.39 is 0 Å². The van der Waals surface area contributed by atoms with E-state index in [-0.39, 0.29) is 12.5 Å². The third-order valence-electron chi connectivity index (χ3n) is 2.40. The van der Waals surface area contributed by atoms with Gasteiger partial charge in [0.1, 0.15) is 17.5 Å². The molecule has 1 aromatic rings. The van der Waals surface area contributed by atoms with Gasteiger partial charge in [-0.25, -0.2) is 0 Å². The molecule has 0 aliphatic carbocycles. The first-order valence-corrected chi connectivity index (χ1v) is 5.79. The predicted molar refractivity (Wildman–Crippen MR) is 71.1 cm³/mol. The molecule has 0 aromatic heterocycles. The van der Waals surface area contributed by atoms with Crippen molar-refractivity contribution < 1.29 is 14.3 Å². The second-order valence-corrected chi connectivity index (χ2v) is 3.71. The smallest absolute Gasteiger partial charge is 0.238 e. The van der Waals surface area contributed by atoms with Crippen molar-refractivity contribution >= 4 is 11.6 Å². The highest BCUT2D eigenvalue weighted by molar-refractivity contribution is 5.95. The Balaban J connectivity index is 2.65. The molecule has 0 aliphatic heterocycles. The molecule has 102 valence electrons. The van der Waals surface area contributed by atoms with Gasteiger partial charge in [-0.2, -0.15) is 5.26 Å². The summed E-state index contributed by atoms with van der Waals surface area (Å²) < 4.78 is 9.98. The van der Waals surface area contributed by atoms with Gasteiger partial charge in [0.2, 0.25) is 5.91 Å². The molecule has 1 rings (SSSR count). The van der Waals surface area contributed by atoms with E-state index in [2.05, 4.69) is 10.6 Å². The van der Waals surface area contributed by atoms with Crippen LogP contribution in [-0.2, 0) is 9.53 Å². The molecular weight excluding hydrogens is 246 g/mol. The van der Waals surface area contributed by atoms with E-state index in [4.69, 9.17) is 14.7 Å². The van der Waals surface area contributed by atoms with Crippen LogP contribution in [0.2, 0.25) is 0 Å². The van der Waals surface area contributed by atoms with Crippen LogP contribution >= 0.6 is 0 Å². The maximum absolute atomic E-state index is 11.7. The summed E-state index contributed by atoms with van der Waals surface area (Å²) in [5.41, 5.74) is 0.760. The van der Waals surface area contributed by atoms with Crippen LogP contribution in [0.1, 0.15) is 5.56 Å². The molecule has 0 radical (unpaired) electrons. The van der Waals surface area contributed by atoms with Crippen molar-refractivity contribution in [1.29, 1.82) is 5.26 Å². The Bertz CT molecular complexity index is 469. The summed E-state index contributed by atoms with van der Waals surface area (Å²) >= 11 is 0. The van der Waals surface area contributed by atoms with Crippen LogP contribution in [-0.4, -0.2) is 39.8 Å². The number of amides is 1. The van der Waals surface area contributed by atoms with E-state index in [1.807, 2.05) is 6.07 Å². The molecule has 0 fully saturated rings. The second-order valence-electron chi connectivity index (χ2n) is 3.71. The summed E-state index contributed by atoms with van der Waals surface area (Å²) in [5.74, 6) is 0.224. The van der Waals surface area contributed by atoms with Crippen LogP contribution in [0.3, 0.4) is 0 Å². The Hall–Kier alpha value is -2.10. The quantitative estimate of drug-likeness (QED) is 0.709. The Morgan fingerprint density at radius 3 is 2.84 bits per heavy atom. The lowest BCUT2D eigenvalue weighted by Crippen LogP contribution is -2.30. The summed E-state index contributed by atoms with van der Waals surface area (Å²) in [6.45, 7) is 1.26. The monoisotopic (exact) mass is 263 g/mol. The fraction of sp³-hybridized carbons (Fsp3) is 0.385. The van der Waals surface area contributed by atoms with Gasteiger partial charge >= 0.3 is 0 Å². The van der Waals surface area contributed by atoms with Gasteiger partial charge in [-0.3, -0.25) is 4.79 Å². The van der Waals surface area contributed by atoms with Crippen LogP contribution in [0.25, 0.3) is 0 Å². The number of anilines is 1. The van der Waals surface area contributed by atoms with Gasteiger partial charge in [-0.1, -0.05) is 6.07 Å². The molecule has 0 bridgehead atoms. The summed E-state index contributed by atoms with van der Waals surface area (Å²) in [5, 5.41) is 14.6. The molecule has 0 saturated heterocycles. The number of hydrogen-bond donors (Lipinski definition) is 2. The van der Waals surface area contributed by atoms with Crippen molar-refractivity contribution in [2.45, 2.75) is 0 Å². The van der Waals surface area contributed by atoms with E-state index in [1.165, 1.54) is 7.11 Å². The largest absolute Gasteiger partial charge is 0.495 e. The zero-order chi connectivity index (χ0) is 14.1. The lowest BCUT2D eigenvalue weighted by atomic mass is 10.1. The molecule has 2 N–H and O–H groups in total. The first-order chi connectivity index (χ1) is 9.22. The Labute approximate surface area is 112 Å². The molecule has 0 spiro atoms. The number of nitriles is 1. The number of ether oxygens (including phenoxy) is 2. The average molecular weight is 263 g/mol. The summed E-state index contributed by atoms with van der Waals surface area (Å²) in [6, 6.07) is 7.03. The lowest BCUT2D eigenvalue weighted by Gasteiger charge is -2.11. The molecule has 6 heteroatoms. The van der Waals surface area contributed by atoms with Gasteiger partial charge < -0.3 is 20.1 Å². The minimum Gasteiger partial charge on any atom is -0.495 e. The SMILES string of the molecule is COCCNCC(=O)Nc1c(C#N)cccc1OC. The number of hydrogen-bond acceptors (Lipinski definition) is 5. The van der Waals surface area contributed by atoms with E-state index in [1.54, 1.807) is 25.3 Å².